The van der Waals surface area contributed by atoms with E-state index in [1.165, 1.54) is 0 Å². The number of rotatable bonds is 9. The maximum atomic E-state index is 12.0. The Morgan fingerprint density at radius 3 is 2.20 bits per heavy atom. The zero-order valence-corrected chi connectivity index (χ0v) is 15.0. The fraction of sp³-hybridized carbons (Fsp3) is 0.350. The molecule has 0 fully saturated rings. The molecule has 0 aliphatic heterocycles. The highest BCUT2D eigenvalue weighted by molar-refractivity contribution is 5.78. The van der Waals surface area contributed by atoms with Crippen LogP contribution in [0.2, 0.25) is 0 Å². The van der Waals surface area contributed by atoms with Gasteiger partial charge in [-0.1, -0.05) is 18.2 Å². The van der Waals surface area contributed by atoms with Crippen molar-refractivity contribution < 1.29 is 19.0 Å². The fourth-order valence-electron chi connectivity index (χ4n) is 2.55. The van der Waals surface area contributed by atoms with Gasteiger partial charge in [-0.2, -0.15) is 0 Å². The van der Waals surface area contributed by atoms with Crippen LogP contribution in [0.4, 0.5) is 0 Å². The number of hydrogen-bond acceptors (Lipinski definition) is 4. The Bertz CT molecular complexity index is 683. The first kappa shape index (κ1) is 18.6. The highest BCUT2D eigenvalue weighted by atomic mass is 16.5. The lowest BCUT2D eigenvalue weighted by Gasteiger charge is -2.10. The van der Waals surface area contributed by atoms with Gasteiger partial charge in [-0.05, 0) is 48.2 Å². The van der Waals surface area contributed by atoms with Crippen LogP contribution in [0.3, 0.4) is 0 Å². The lowest BCUT2D eigenvalue weighted by molar-refractivity contribution is -0.120. The largest absolute Gasteiger partial charge is 0.497 e. The Hall–Kier alpha value is -2.69. The molecule has 0 aliphatic rings. The molecular formula is C20H25NO4. The predicted molar refractivity (Wildman–Crippen MR) is 97.6 cm³/mol. The summed E-state index contributed by atoms with van der Waals surface area (Å²) >= 11 is 0. The van der Waals surface area contributed by atoms with E-state index in [1.54, 1.807) is 21.3 Å². The second-order valence-corrected chi connectivity index (χ2v) is 5.67. The summed E-state index contributed by atoms with van der Waals surface area (Å²) in [5, 5.41) is 2.96. The summed E-state index contributed by atoms with van der Waals surface area (Å²) < 4.78 is 15.6. The molecule has 25 heavy (non-hydrogen) atoms. The van der Waals surface area contributed by atoms with E-state index in [0.29, 0.717) is 13.0 Å². The molecule has 5 nitrogen and oxygen atoms in total. The van der Waals surface area contributed by atoms with Gasteiger partial charge in [-0.25, -0.2) is 0 Å². The lowest BCUT2D eigenvalue weighted by Crippen LogP contribution is -2.26. The summed E-state index contributed by atoms with van der Waals surface area (Å²) in [6.07, 6.45) is 2.10. The van der Waals surface area contributed by atoms with Crippen molar-refractivity contribution in [3.8, 4) is 17.2 Å². The van der Waals surface area contributed by atoms with Crippen LogP contribution in [0.1, 0.15) is 17.5 Å². The highest BCUT2D eigenvalue weighted by Crippen LogP contribution is 2.27. The molecule has 0 radical (unpaired) electrons. The summed E-state index contributed by atoms with van der Waals surface area (Å²) in [6.45, 7) is 0.642. The van der Waals surface area contributed by atoms with Gasteiger partial charge in [0.2, 0.25) is 5.91 Å². The molecule has 0 aromatic heterocycles. The van der Waals surface area contributed by atoms with Crippen molar-refractivity contribution in [2.75, 3.05) is 27.9 Å². The van der Waals surface area contributed by atoms with Crippen LogP contribution in [-0.4, -0.2) is 33.8 Å². The Morgan fingerprint density at radius 2 is 1.56 bits per heavy atom. The Morgan fingerprint density at radius 1 is 0.880 bits per heavy atom. The topological polar surface area (TPSA) is 56.8 Å². The highest BCUT2D eigenvalue weighted by Gasteiger charge is 2.06. The van der Waals surface area contributed by atoms with E-state index in [-0.39, 0.29) is 5.91 Å². The Labute approximate surface area is 148 Å². The third-order valence-corrected chi connectivity index (χ3v) is 3.94. The van der Waals surface area contributed by atoms with Crippen molar-refractivity contribution in [3.05, 3.63) is 53.6 Å². The molecule has 2 aromatic rings. The molecule has 2 aromatic carbocycles. The smallest absolute Gasteiger partial charge is 0.224 e. The van der Waals surface area contributed by atoms with Gasteiger partial charge in [-0.3, -0.25) is 4.79 Å². The number of benzene rings is 2. The minimum absolute atomic E-state index is 0.0254. The summed E-state index contributed by atoms with van der Waals surface area (Å²) in [6, 6.07) is 13.4. The van der Waals surface area contributed by atoms with E-state index < -0.39 is 0 Å². The van der Waals surface area contributed by atoms with E-state index in [0.717, 1.165) is 41.2 Å². The molecule has 5 heteroatoms. The molecule has 0 atom stereocenters. The van der Waals surface area contributed by atoms with E-state index in [1.807, 2.05) is 42.5 Å². The number of amides is 1. The molecule has 0 spiro atoms. The zero-order valence-electron chi connectivity index (χ0n) is 15.0. The Kier molecular flexibility index (Phi) is 7.14. The summed E-state index contributed by atoms with van der Waals surface area (Å²) in [7, 11) is 4.87. The fourth-order valence-corrected chi connectivity index (χ4v) is 2.55. The van der Waals surface area contributed by atoms with Crippen LogP contribution in [0.15, 0.2) is 42.5 Å². The summed E-state index contributed by atoms with van der Waals surface area (Å²) in [5.74, 6) is 2.26. The van der Waals surface area contributed by atoms with Crippen molar-refractivity contribution >= 4 is 5.91 Å². The molecule has 1 amide bonds. The second-order valence-electron chi connectivity index (χ2n) is 5.67. The minimum Gasteiger partial charge on any atom is -0.497 e. The van der Waals surface area contributed by atoms with Crippen molar-refractivity contribution in [2.24, 2.45) is 0 Å². The molecule has 2 rings (SSSR count). The van der Waals surface area contributed by atoms with Crippen LogP contribution < -0.4 is 19.5 Å². The van der Waals surface area contributed by atoms with Crippen LogP contribution in [-0.2, 0) is 17.6 Å². The average molecular weight is 343 g/mol. The maximum absolute atomic E-state index is 12.0. The molecular weight excluding hydrogens is 318 g/mol. The van der Waals surface area contributed by atoms with E-state index in [4.69, 9.17) is 14.2 Å². The average Bonchev–Trinajstić information content (AvgIpc) is 2.65. The van der Waals surface area contributed by atoms with Crippen molar-refractivity contribution in [1.82, 2.24) is 5.32 Å². The van der Waals surface area contributed by atoms with Gasteiger partial charge < -0.3 is 19.5 Å². The monoisotopic (exact) mass is 343 g/mol. The van der Waals surface area contributed by atoms with Gasteiger partial charge in [0.1, 0.15) is 5.75 Å². The third kappa shape index (κ3) is 5.71. The van der Waals surface area contributed by atoms with Crippen LogP contribution in [0.5, 0.6) is 17.2 Å². The molecule has 0 heterocycles. The number of carbonyl (C=O) groups excluding carboxylic acids is 1. The van der Waals surface area contributed by atoms with E-state index >= 15 is 0 Å². The first-order valence-corrected chi connectivity index (χ1v) is 8.26. The first-order valence-electron chi connectivity index (χ1n) is 8.26. The minimum atomic E-state index is 0.0254. The maximum Gasteiger partial charge on any atom is 0.224 e. The van der Waals surface area contributed by atoms with Crippen molar-refractivity contribution in [2.45, 2.75) is 19.3 Å². The van der Waals surface area contributed by atoms with Crippen LogP contribution in [0, 0.1) is 0 Å². The lowest BCUT2D eigenvalue weighted by atomic mass is 10.1. The van der Waals surface area contributed by atoms with Gasteiger partial charge in [0.15, 0.2) is 11.5 Å². The molecule has 0 aliphatic carbocycles. The molecule has 0 unspecified atom stereocenters. The second kappa shape index (κ2) is 9.57. The molecule has 1 N–H and O–H groups in total. The number of aryl methyl sites for hydroxylation is 1. The number of methoxy groups -OCH3 is 3. The van der Waals surface area contributed by atoms with Crippen molar-refractivity contribution in [3.63, 3.8) is 0 Å². The third-order valence-electron chi connectivity index (χ3n) is 3.94. The van der Waals surface area contributed by atoms with Gasteiger partial charge in [-0.15, -0.1) is 0 Å². The summed E-state index contributed by atoms with van der Waals surface area (Å²) in [5.41, 5.74) is 2.13. The zero-order chi connectivity index (χ0) is 18.1. The number of carbonyl (C=O) groups is 1. The molecule has 0 bridgehead atoms. The first-order chi connectivity index (χ1) is 12.2. The van der Waals surface area contributed by atoms with Gasteiger partial charge in [0, 0.05) is 6.54 Å². The molecule has 0 saturated carbocycles. The van der Waals surface area contributed by atoms with Gasteiger partial charge >= 0.3 is 0 Å². The quantitative estimate of drug-likeness (QED) is 0.711. The molecule has 134 valence electrons. The number of ether oxygens (including phenoxy) is 3. The van der Waals surface area contributed by atoms with Crippen molar-refractivity contribution in [1.29, 1.82) is 0 Å². The number of nitrogens with one attached hydrogen (secondary N) is 1. The van der Waals surface area contributed by atoms with Gasteiger partial charge in [0.05, 0.1) is 27.8 Å². The summed E-state index contributed by atoms with van der Waals surface area (Å²) in [4.78, 5) is 12.0. The van der Waals surface area contributed by atoms with E-state index in [2.05, 4.69) is 5.32 Å². The van der Waals surface area contributed by atoms with Gasteiger partial charge in [0.25, 0.3) is 0 Å². The number of hydrogen-bond donors (Lipinski definition) is 1. The van der Waals surface area contributed by atoms with Crippen LogP contribution in [0.25, 0.3) is 0 Å². The normalized spacial score (nSPS) is 10.2. The van der Waals surface area contributed by atoms with E-state index in [9.17, 15) is 4.79 Å². The van der Waals surface area contributed by atoms with Crippen LogP contribution >= 0.6 is 0 Å². The predicted octanol–water partition coefficient (Wildman–Crippen LogP) is 3.00. The molecule has 0 saturated heterocycles. The Balaban J connectivity index is 1.74. The standard InChI is InChI=1S/C20H25NO4/c1-23-17-9-6-16(7-10-17)14-20(22)21-12-4-5-15-8-11-18(24-2)19(13-15)25-3/h6-11,13H,4-5,12,14H2,1-3H3,(H,21,22). The SMILES string of the molecule is COc1ccc(CC(=O)NCCCc2ccc(OC)c(OC)c2)cc1.